The van der Waals surface area contributed by atoms with Crippen molar-refractivity contribution in [1.82, 2.24) is 81.2 Å². The monoisotopic (exact) mass is 2020 g/mol. The van der Waals surface area contributed by atoms with E-state index < -0.39 is 41.4 Å². The third-order valence-electron chi connectivity index (χ3n) is 23.5. The number of carbonyl (C=O) groups excluding carboxylic acids is 15. The second-order valence-corrected chi connectivity index (χ2v) is 34.5. The maximum atomic E-state index is 14.1. The Morgan fingerprint density at radius 2 is 0.829 bits per heavy atom. The third-order valence-corrected chi connectivity index (χ3v) is 23.9. The third kappa shape index (κ3) is 26.6. The van der Waals surface area contributed by atoms with Crippen LogP contribution in [-0.2, 0) is 122 Å². The SMILES string of the molecule is C.C.C.C.C.C.C.C.C.CC(=O)Nc1cc(C(=O)Nc2cc(C(=O)Nc3cn(C)c(C(=O)Nc4cc(C(=O)NCCC(=O)Nc5cn(C)c(C(=O)Nc6cn(C)c(C(=O)NCCCC(=O)Cc7cc(C(=O)Cc8cc(C(=O)CCCC(=O)Cc9cn(C)c(C(=O)Cc%10cc(C(=O)Cc%11ccc%12[nH]c(C(=O)N%13CC(CCl)c%14c%13cc(O)c%13ccccc%14%13)cc%12c%11)n(C)c%10)n9)n(C)c8)n(C)c7)n6)n5)n(C)c4)n3)n(C)c2)n(C)c1. The van der Waals surface area contributed by atoms with Gasteiger partial charge in [0.05, 0.1) is 51.9 Å². The van der Waals surface area contributed by atoms with Crippen LogP contribution in [0.2, 0.25) is 0 Å². The van der Waals surface area contributed by atoms with E-state index in [0.717, 1.165) is 21.9 Å². The molecule has 146 heavy (non-hydrogen) atoms. The van der Waals surface area contributed by atoms with Crippen LogP contribution in [0.5, 0.6) is 5.75 Å². The fraction of sp³-hybridized carbons (Fsp3) is 0.343. The summed E-state index contributed by atoms with van der Waals surface area (Å²) in [5.41, 5.74) is 8.15. The Morgan fingerprint density at radius 3 is 1.38 bits per heavy atom. The molecule has 0 bridgehead atoms. The largest absolute Gasteiger partial charge is 0.507 e. The number of alkyl halides is 1. The lowest BCUT2D eigenvalue weighted by molar-refractivity contribution is -0.119. The lowest BCUT2D eigenvalue weighted by atomic mass is 9.95. The Labute approximate surface area is 853 Å². The number of anilines is 7. The number of hydrogen-bond donors (Lipinski definition) is 10. The van der Waals surface area contributed by atoms with Crippen molar-refractivity contribution < 1.29 is 77.0 Å². The van der Waals surface area contributed by atoms with E-state index in [-0.39, 0.29) is 272 Å². The summed E-state index contributed by atoms with van der Waals surface area (Å²) in [5, 5.41) is 34.5. The molecule has 41 heteroatoms. The lowest BCUT2D eigenvalue weighted by Crippen LogP contribution is -2.30. The van der Waals surface area contributed by atoms with Crippen molar-refractivity contribution >= 4 is 161 Å². The number of benzene rings is 3. The van der Waals surface area contributed by atoms with E-state index in [2.05, 4.69) is 67.5 Å². The maximum Gasteiger partial charge on any atom is 0.292 e. The second kappa shape index (κ2) is 49.8. The van der Waals surface area contributed by atoms with Crippen molar-refractivity contribution in [2.24, 2.45) is 70.5 Å². The van der Waals surface area contributed by atoms with E-state index in [9.17, 15) is 77.0 Å². The molecule has 0 saturated carbocycles. The molecular weight excluding hydrogens is 1890 g/mol. The molecule has 0 saturated heterocycles. The van der Waals surface area contributed by atoms with E-state index in [0.29, 0.717) is 85.5 Å². The predicted molar refractivity (Wildman–Crippen MR) is 568 cm³/mol. The van der Waals surface area contributed by atoms with E-state index in [4.69, 9.17) is 11.6 Å². The number of ketones is 6. The van der Waals surface area contributed by atoms with Crippen LogP contribution in [0.4, 0.5) is 40.2 Å². The zero-order valence-electron chi connectivity index (χ0n) is 76.8. The molecule has 14 aromatic rings. The van der Waals surface area contributed by atoms with Crippen LogP contribution in [0.3, 0.4) is 0 Å². The number of aryl methyl sites for hydroxylation is 10. The molecule has 3 aromatic carbocycles. The number of imidazole rings is 4. The number of rotatable bonds is 39. The molecule has 10 N–H and O–H groups in total. The number of halogens is 1. The number of hydrogen-bond acceptors (Lipinski definition) is 20. The van der Waals surface area contributed by atoms with Crippen molar-refractivity contribution in [2.45, 2.75) is 150 Å². The average molecular weight is 2020 g/mol. The van der Waals surface area contributed by atoms with Gasteiger partial charge in [-0.05, 0) is 101 Å². The Morgan fingerprint density at radius 1 is 0.384 bits per heavy atom. The summed E-state index contributed by atoms with van der Waals surface area (Å²) in [6, 6.07) is 25.8. The van der Waals surface area contributed by atoms with Crippen molar-refractivity contribution in [3.8, 4) is 5.75 Å². The Kier molecular flexibility index (Phi) is 40.3. The van der Waals surface area contributed by atoms with Gasteiger partial charge in [-0.25, -0.2) is 19.9 Å². The van der Waals surface area contributed by atoms with Gasteiger partial charge in [-0.2, -0.15) is 0 Å². The zero-order valence-corrected chi connectivity index (χ0v) is 77.5. The zero-order chi connectivity index (χ0) is 97.8. The van der Waals surface area contributed by atoms with Gasteiger partial charge in [0.25, 0.3) is 41.4 Å². The number of phenols is 1. The van der Waals surface area contributed by atoms with Gasteiger partial charge >= 0.3 is 0 Å². The minimum absolute atomic E-state index is 0. The number of aromatic hydroxyl groups is 1. The molecule has 778 valence electrons. The first kappa shape index (κ1) is 118. The molecule has 1 aliphatic heterocycles. The molecule has 1 atom stereocenters. The Bertz CT molecular complexity index is 7280. The highest BCUT2D eigenvalue weighted by Crippen LogP contribution is 2.46. The maximum absolute atomic E-state index is 14.1. The van der Waals surface area contributed by atoms with Crippen LogP contribution in [0.25, 0.3) is 21.7 Å². The van der Waals surface area contributed by atoms with Crippen molar-refractivity contribution in [1.29, 1.82) is 0 Å². The topological polar surface area (TPSA) is 492 Å². The molecular formula is C105H135ClN24O16. The van der Waals surface area contributed by atoms with Crippen LogP contribution >= 0.6 is 11.6 Å². The number of aromatic nitrogens is 15. The number of amides is 9. The molecule has 11 aromatic heterocycles. The quantitative estimate of drug-likeness (QED) is 0.00971. The number of phenolic OH excluding ortho intramolecular Hbond substituents is 1. The van der Waals surface area contributed by atoms with Crippen LogP contribution in [-0.4, -0.2) is 189 Å². The van der Waals surface area contributed by atoms with Crippen molar-refractivity contribution in [2.75, 3.05) is 62.3 Å². The summed E-state index contributed by atoms with van der Waals surface area (Å²) in [5.74, 6) is -5.79. The van der Waals surface area contributed by atoms with E-state index >= 15 is 0 Å². The van der Waals surface area contributed by atoms with E-state index in [1.54, 1.807) is 152 Å². The van der Waals surface area contributed by atoms with Crippen LogP contribution in [0, 0.1) is 0 Å². The molecule has 0 aliphatic carbocycles. The van der Waals surface area contributed by atoms with Gasteiger partial charge in [-0.1, -0.05) is 97.2 Å². The Balaban J connectivity index is 0.00000362. The summed E-state index contributed by atoms with van der Waals surface area (Å²) in [4.78, 5) is 222. The molecule has 9 amide bonds. The summed E-state index contributed by atoms with van der Waals surface area (Å²) in [7, 11) is 16.3. The summed E-state index contributed by atoms with van der Waals surface area (Å²) in [6.07, 6.45) is 16.1. The molecule has 0 spiro atoms. The van der Waals surface area contributed by atoms with Gasteiger partial charge < -0.3 is 103 Å². The fourth-order valence-electron chi connectivity index (χ4n) is 17.1. The normalized spacial score (nSPS) is 11.5. The number of aromatic amines is 1. The fourth-order valence-corrected chi connectivity index (χ4v) is 17.3. The summed E-state index contributed by atoms with van der Waals surface area (Å²) >= 11 is 6.45. The Hall–Kier alpha value is -16.7. The molecule has 1 unspecified atom stereocenters. The minimum Gasteiger partial charge on any atom is -0.507 e. The summed E-state index contributed by atoms with van der Waals surface area (Å²) in [6.45, 7) is 1.69. The summed E-state index contributed by atoms with van der Waals surface area (Å²) < 4.78 is 15.2. The van der Waals surface area contributed by atoms with Crippen molar-refractivity contribution in [3.63, 3.8) is 0 Å². The first-order chi connectivity index (χ1) is 65.3. The van der Waals surface area contributed by atoms with Gasteiger partial charge in [-0.3, -0.25) is 71.9 Å². The highest BCUT2D eigenvalue weighted by Gasteiger charge is 2.37. The van der Waals surface area contributed by atoms with Gasteiger partial charge in [-0.15, -0.1) is 11.6 Å². The number of carbonyl (C=O) groups is 15. The van der Waals surface area contributed by atoms with E-state index in [1.807, 2.05) is 42.5 Å². The number of fused-ring (bicyclic) bond motifs is 4. The molecule has 12 heterocycles. The molecule has 40 nitrogen and oxygen atoms in total. The average Bonchev–Trinajstić information content (AvgIpc) is 1.59. The first-order valence-corrected chi connectivity index (χ1v) is 44.3. The highest BCUT2D eigenvalue weighted by atomic mass is 35.5. The lowest BCUT2D eigenvalue weighted by Gasteiger charge is -2.17. The van der Waals surface area contributed by atoms with Gasteiger partial charge in [0.1, 0.15) is 40.1 Å². The second-order valence-electron chi connectivity index (χ2n) is 34.2. The van der Waals surface area contributed by atoms with Crippen LogP contribution in [0.1, 0.15) is 268 Å². The molecule has 0 radical (unpaired) electrons. The van der Waals surface area contributed by atoms with Crippen molar-refractivity contribution in [3.05, 3.63) is 250 Å². The van der Waals surface area contributed by atoms with Crippen LogP contribution < -0.4 is 47.4 Å². The van der Waals surface area contributed by atoms with Gasteiger partial charge in [0.2, 0.25) is 35.1 Å². The van der Waals surface area contributed by atoms with Gasteiger partial charge in [0.15, 0.2) is 40.6 Å². The minimum atomic E-state index is -0.718. The smallest absolute Gasteiger partial charge is 0.292 e. The van der Waals surface area contributed by atoms with Gasteiger partial charge in [0, 0.05) is 245 Å². The number of nitrogens with one attached hydrogen (secondary N) is 9. The standard InChI is InChI=1S/C96H99ClN24O16.9CH4/c1-52(122)100-60-36-74(115(6)45-60)91(132)102-61-38-75(116(7)46-61)92(133)109-82-50-120(11)88(108-82)94(135)103-62-37-73(114(5)47-62)90(131)99-25-23-84(130)105-81-49-119(10)89(106-81)95(136)110-83-51-118(9)87(107-83)93(134)98-24-15-17-63(123)27-54-28-70(112(3)41-54)79(128)32-55-29-69(111(2)42-55)76(125)20-14-16-64(124)35-59-48-117(8)86(101-59)80(129)33-56-30-71(113(4)43-56)78(127)31-53-21-22-67-57(26-53)34-68(104-67)96(137)121-44-58(40-97)85-66-19-13-12-18-65(66)77(126)39-72(85)121;;;;;;;;;/h12-13,18-19,21-22,26,28-30,34,36-39,41-43,45-51,58,104,126H,14-17,20,23-25,27,31-33,35,40,44H2,1-11H3,(H,98,134)(H,99,131)(H,100,122)(H,102,132)(H,103,135)(H,105,130)(H,109,133)(H,110,136);9*1H4. The highest BCUT2D eigenvalue weighted by molar-refractivity contribution is 6.20. The number of Topliss-reactive ketones (excluding diaryl/α,β-unsaturated/α-hetero) is 6. The molecule has 0 fully saturated rings. The predicted octanol–water partition coefficient (Wildman–Crippen LogP) is 15.2. The van der Waals surface area contributed by atoms with Crippen LogP contribution in [0.15, 0.2) is 153 Å². The molecule has 15 rings (SSSR count). The molecule has 1 aliphatic rings. The first-order valence-electron chi connectivity index (χ1n) is 43.7. The van der Waals surface area contributed by atoms with E-state index in [1.165, 1.54) is 86.0 Å². The number of nitrogens with zero attached hydrogens (tertiary/aromatic N) is 15. The number of H-pyrrole nitrogens is 1.